The minimum Gasteiger partial charge on any atom is -0.394 e. The van der Waals surface area contributed by atoms with Crippen molar-refractivity contribution in [3.05, 3.63) is 16.0 Å². The van der Waals surface area contributed by atoms with Gasteiger partial charge >= 0.3 is 0 Å². The number of carbonyl (C=O) groups is 1. The molecule has 0 spiro atoms. The predicted octanol–water partition coefficient (Wildman–Crippen LogP) is 1.04. The number of oxime groups is 1. The highest BCUT2D eigenvalue weighted by Gasteiger charge is 2.29. The summed E-state index contributed by atoms with van der Waals surface area (Å²) < 4.78 is 0. The molecule has 0 bridgehead atoms. The van der Waals surface area contributed by atoms with E-state index in [0.717, 1.165) is 5.01 Å². The van der Waals surface area contributed by atoms with E-state index in [4.69, 9.17) is 33.1 Å². The lowest BCUT2D eigenvalue weighted by Crippen LogP contribution is -2.30. The van der Waals surface area contributed by atoms with Crippen molar-refractivity contribution in [2.45, 2.75) is 13.8 Å². The molecule has 1 N–H and O–H groups in total. The lowest BCUT2D eigenvalue weighted by molar-refractivity contribution is -0.123. The molecule has 1 amide bonds. The molecule has 8 nitrogen and oxygen atoms in total. The van der Waals surface area contributed by atoms with Crippen LogP contribution in [0.2, 0.25) is 10.4 Å². The van der Waals surface area contributed by atoms with Crippen molar-refractivity contribution in [1.82, 2.24) is 15.0 Å². The summed E-state index contributed by atoms with van der Waals surface area (Å²) in [4.78, 5) is 24.7. The third-order valence-electron chi connectivity index (χ3n) is 2.60. The second kappa shape index (κ2) is 6.33. The van der Waals surface area contributed by atoms with Crippen molar-refractivity contribution in [2.75, 3.05) is 13.2 Å². The summed E-state index contributed by atoms with van der Waals surface area (Å²) in [5, 5.41) is 17.7. The van der Waals surface area contributed by atoms with E-state index >= 15 is 0 Å². The number of β-amino-alcohol motifs (C(OH)–C–C–N with tert-alkyl or cyclic N) is 1. The number of hydrazone groups is 1. The number of carbonyl (C=O) groups excluding carboxylic acids is 1. The zero-order chi connectivity index (χ0) is 15.6. The highest BCUT2D eigenvalue weighted by molar-refractivity contribution is 6.68. The Kier molecular flexibility index (Phi) is 4.71. The SMILES string of the molecule is CC1=NN(CCO)C(=O)C1=NOc1nc(Cl)nc(Cl)c1C. The number of aromatic nitrogens is 2. The highest BCUT2D eigenvalue weighted by Crippen LogP contribution is 2.23. The summed E-state index contributed by atoms with van der Waals surface area (Å²) in [6.45, 7) is 3.11. The largest absolute Gasteiger partial charge is 0.394 e. The number of hydrogen-bond acceptors (Lipinski definition) is 7. The minimum absolute atomic E-state index is 0.0220. The summed E-state index contributed by atoms with van der Waals surface area (Å²) in [6, 6.07) is 0. The van der Waals surface area contributed by atoms with Gasteiger partial charge in [-0.15, -0.1) is 0 Å². The van der Waals surface area contributed by atoms with Gasteiger partial charge < -0.3 is 9.94 Å². The molecule has 1 aliphatic heterocycles. The van der Waals surface area contributed by atoms with Gasteiger partial charge in [0.15, 0.2) is 5.71 Å². The molecule has 0 aliphatic carbocycles. The molecule has 0 atom stereocenters. The summed E-state index contributed by atoms with van der Waals surface area (Å²) in [6.07, 6.45) is 0. The molecule has 10 heteroatoms. The number of rotatable bonds is 4. The van der Waals surface area contributed by atoms with Gasteiger partial charge in [0, 0.05) is 0 Å². The van der Waals surface area contributed by atoms with Crippen LogP contribution in [-0.2, 0) is 4.79 Å². The number of aliphatic hydroxyl groups is 1. The van der Waals surface area contributed by atoms with Gasteiger partial charge in [-0.3, -0.25) is 4.79 Å². The van der Waals surface area contributed by atoms with Crippen LogP contribution in [-0.4, -0.2) is 50.6 Å². The zero-order valence-electron chi connectivity index (χ0n) is 11.2. The molecule has 0 saturated heterocycles. The van der Waals surface area contributed by atoms with Crippen LogP contribution in [0.15, 0.2) is 10.3 Å². The van der Waals surface area contributed by atoms with E-state index in [0.29, 0.717) is 11.3 Å². The first-order chi connectivity index (χ1) is 9.93. The molecule has 0 saturated carbocycles. The van der Waals surface area contributed by atoms with Crippen LogP contribution in [0.3, 0.4) is 0 Å². The van der Waals surface area contributed by atoms with E-state index in [1.54, 1.807) is 13.8 Å². The number of halogens is 2. The van der Waals surface area contributed by atoms with Crippen molar-refractivity contribution >= 4 is 40.5 Å². The van der Waals surface area contributed by atoms with E-state index in [-0.39, 0.29) is 35.2 Å². The summed E-state index contributed by atoms with van der Waals surface area (Å²) in [7, 11) is 0. The van der Waals surface area contributed by atoms with Gasteiger partial charge in [-0.1, -0.05) is 16.8 Å². The molecule has 0 radical (unpaired) electrons. The lowest BCUT2D eigenvalue weighted by Gasteiger charge is -2.08. The summed E-state index contributed by atoms with van der Waals surface area (Å²) >= 11 is 11.5. The first-order valence-electron chi connectivity index (χ1n) is 5.87. The Bertz CT molecular complexity index is 647. The van der Waals surface area contributed by atoms with Gasteiger partial charge in [-0.05, 0) is 25.4 Å². The smallest absolute Gasteiger partial charge is 0.298 e. The van der Waals surface area contributed by atoms with Gasteiger partial charge in [0.25, 0.3) is 11.8 Å². The maximum absolute atomic E-state index is 12.0. The first-order valence-corrected chi connectivity index (χ1v) is 6.62. The Labute approximate surface area is 130 Å². The molecule has 0 fully saturated rings. The molecule has 2 heterocycles. The van der Waals surface area contributed by atoms with E-state index in [1.807, 2.05) is 0 Å². The molecule has 0 unspecified atom stereocenters. The molecule has 1 aromatic rings. The zero-order valence-corrected chi connectivity index (χ0v) is 12.7. The van der Waals surface area contributed by atoms with Gasteiger partial charge in [0.1, 0.15) is 5.15 Å². The van der Waals surface area contributed by atoms with Gasteiger partial charge in [-0.2, -0.15) is 10.1 Å². The molecule has 1 aliphatic rings. The van der Waals surface area contributed by atoms with E-state index in [9.17, 15) is 4.79 Å². The van der Waals surface area contributed by atoms with Gasteiger partial charge in [-0.25, -0.2) is 9.99 Å². The van der Waals surface area contributed by atoms with Crippen LogP contribution in [0, 0.1) is 6.92 Å². The highest BCUT2D eigenvalue weighted by atomic mass is 35.5. The van der Waals surface area contributed by atoms with Gasteiger partial charge in [0.2, 0.25) is 5.28 Å². The van der Waals surface area contributed by atoms with Crippen LogP contribution >= 0.6 is 23.2 Å². The summed E-state index contributed by atoms with van der Waals surface area (Å²) in [5.41, 5.74) is 0.837. The Hall–Kier alpha value is -1.77. The molecule has 112 valence electrons. The Morgan fingerprint density at radius 2 is 2.05 bits per heavy atom. The van der Waals surface area contributed by atoms with Crippen molar-refractivity contribution in [3.63, 3.8) is 0 Å². The molecule has 1 aromatic heterocycles. The van der Waals surface area contributed by atoms with Gasteiger partial charge in [0.05, 0.1) is 24.4 Å². The first kappa shape index (κ1) is 15.6. The fourth-order valence-corrected chi connectivity index (χ4v) is 1.89. The third kappa shape index (κ3) is 3.29. The lowest BCUT2D eigenvalue weighted by atomic mass is 10.2. The minimum atomic E-state index is -0.467. The van der Waals surface area contributed by atoms with E-state index in [1.165, 1.54) is 0 Å². The Morgan fingerprint density at radius 3 is 2.71 bits per heavy atom. The van der Waals surface area contributed by atoms with Crippen LogP contribution in [0.4, 0.5) is 0 Å². The Balaban J connectivity index is 2.23. The molecule has 2 rings (SSSR count). The van der Waals surface area contributed by atoms with Crippen LogP contribution in [0.1, 0.15) is 12.5 Å². The van der Waals surface area contributed by atoms with Crippen molar-refractivity contribution in [3.8, 4) is 5.88 Å². The fourth-order valence-electron chi connectivity index (χ4n) is 1.53. The Morgan fingerprint density at radius 1 is 1.33 bits per heavy atom. The molecular formula is C11H11Cl2N5O3. The summed E-state index contributed by atoms with van der Waals surface area (Å²) in [5.74, 6) is -0.417. The normalized spacial score (nSPS) is 16.6. The maximum atomic E-state index is 12.0. The predicted molar refractivity (Wildman–Crippen MR) is 76.8 cm³/mol. The quantitative estimate of drug-likeness (QED) is 0.504. The number of aliphatic hydroxyl groups excluding tert-OH is 1. The third-order valence-corrected chi connectivity index (χ3v) is 3.14. The molecular weight excluding hydrogens is 321 g/mol. The fraction of sp³-hybridized carbons (Fsp3) is 0.364. The second-order valence-corrected chi connectivity index (χ2v) is 4.78. The topological polar surface area (TPSA) is 100 Å². The second-order valence-electron chi connectivity index (χ2n) is 4.08. The molecule has 0 aromatic carbocycles. The number of hydrogen-bond donors (Lipinski definition) is 1. The van der Waals surface area contributed by atoms with Crippen LogP contribution < -0.4 is 4.84 Å². The average Bonchev–Trinajstić information content (AvgIpc) is 2.68. The standard InChI is InChI=1S/C11H11Cl2N5O3/c1-5-8(12)14-11(13)15-9(5)21-17-7-6(2)16-18(3-4-19)10(7)20/h19H,3-4H2,1-2H3. The van der Waals surface area contributed by atoms with E-state index < -0.39 is 5.91 Å². The maximum Gasteiger partial charge on any atom is 0.298 e. The average molecular weight is 332 g/mol. The number of nitrogens with zero attached hydrogens (tertiary/aromatic N) is 5. The van der Waals surface area contributed by atoms with Crippen molar-refractivity contribution in [2.24, 2.45) is 10.3 Å². The number of amides is 1. The molecule has 21 heavy (non-hydrogen) atoms. The monoisotopic (exact) mass is 331 g/mol. The van der Waals surface area contributed by atoms with E-state index in [2.05, 4.69) is 20.2 Å². The van der Waals surface area contributed by atoms with Crippen molar-refractivity contribution in [1.29, 1.82) is 0 Å². The van der Waals surface area contributed by atoms with Crippen LogP contribution in [0.25, 0.3) is 0 Å². The van der Waals surface area contributed by atoms with Crippen LogP contribution in [0.5, 0.6) is 5.88 Å². The van der Waals surface area contributed by atoms with Crippen molar-refractivity contribution < 1.29 is 14.7 Å².